The summed E-state index contributed by atoms with van der Waals surface area (Å²) < 4.78 is 11.1. The van der Waals surface area contributed by atoms with Crippen molar-refractivity contribution in [3.63, 3.8) is 0 Å². The van der Waals surface area contributed by atoms with Gasteiger partial charge in [0, 0.05) is 12.1 Å². The number of hydrogen-bond acceptors (Lipinski definition) is 5. The van der Waals surface area contributed by atoms with Gasteiger partial charge < -0.3 is 19.2 Å². The zero-order valence-electron chi connectivity index (χ0n) is 18.5. The number of aliphatic hydroxyl groups excluding tert-OH is 1. The lowest BCUT2D eigenvalue weighted by molar-refractivity contribution is -0.140. The lowest BCUT2D eigenvalue weighted by Gasteiger charge is -2.23. The van der Waals surface area contributed by atoms with Crippen molar-refractivity contribution in [3.05, 3.63) is 93.9 Å². The minimum atomic E-state index is -0.838. The fourth-order valence-electron chi connectivity index (χ4n) is 4.04. The van der Waals surface area contributed by atoms with Gasteiger partial charge in [-0.15, -0.1) is 0 Å². The number of aryl methyl sites for hydroxylation is 3. The van der Waals surface area contributed by atoms with Gasteiger partial charge in [0.15, 0.2) is 0 Å². The second-order valence-corrected chi connectivity index (χ2v) is 8.05. The van der Waals surface area contributed by atoms with Gasteiger partial charge in [-0.3, -0.25) is 9.59 Å². The molecule has 6 heteroatoms. The normalized spacial score (nSPS) is 17.8. The Morgan fingerprint density at radius 1 is 1.06 bits per heavy atom. The van der Waals surface area contributed by atoms with Crippen LogP contribution in [0.5, 0.6) is 5.75 Å². The topological polar surface area (TPSA) is 80.0 Å². The Morgan fingerprint density at radius 3 is 2.53 bits per heavy atom. The monoisotopic (exact) mass is 431 g/mol. The summed E-state index contributed by atoms with van der Waals surface area (Å²) in [5.74, 6) is 0.121. The Kier molecular flexibility index (Phi) is 5.61. The summed E-state index contributed by atoms with van der Waals surface area (Å²) in [6.07, 6.45) is 0. The van der Waals surface area contributed by atoms with Crippen LogP contribution in [0.1, 0.15) is 39.8 Å². The van der Waals surface area contributed by atoms with Crippen molar-refractivity contribution in [1.82, 2.24) is 4.90 Å². The molecular weight excluding hydrogens is 406 g/mol. The number of amides is 1. The Balaban J connectivity index is 1.86. The second-order valence-electron chi connectivity index (χ2n) is 8.05. The van der Waals surface area contributed by atoms with Gasteiger partial charge >= 0.3 is 0 Å². The number of benzene rings is 2. The molecule has 1 aliphatic rings. The molecule has 6 nitrogen and oxygen atoms in total. The maximum atomic E-state index is 13.2. The molecule has 0 aliphatic carbocycles. The molecule has 1 unspecified atom stereocenters. The summed E-state index contributed by atoms with van der Waals surface area (Å²) in [6.45, 7) is 5.72. The van der Waals surface area contributed by atoms with Crippen molar-refractivity contribution in [2.75, 3.05) is 7.11 Å². The van der Waals surface area contributed by atoms with Crippen LogP contribution in [0, 0.1) is 20.8 Å². The summed E-state index contributed by atoms with van der Waals surface area (Å²) in [5.41, 5.74) is 3.10. The van der Waals surface area contributed by atoms with Gasteiger partial charge in [0.1, 0.15) is 29.1 Å². The molecule has 4 rings (SSSR count). The first-order valence-corrected chi connectivity index (χ1v) is 10.4. The van der Waals surface area contributed by atoms with Gasteiger partial charge in [-0.2, -0.15) is 0 Å². The van der Waals surface area contributed by atoms with Crippen LogP contribution >= 0.6 is 0 Å². The number of rotatable bonds is 5. The van der Waals surface area contributed by atoms with Crippen molar-refractivity contribution in [2.24, 2.45) is 0 Å². The number of carbonyl (C=O) groups excluding carboxylic acids is 2. The Bertz CT molecular complexity index is 1240. The number of furan rings is 1. The number of Topliss-reactive ketones (excluding diaryl/α,β-unsaturated/α-hetero) is 1. The number of ether oxygens (including phenoxy) is 1. The highest BCUT2D eigenvalue weighted by atomic mass is 16.5. The third kappa shape index (κ3) is 3.80. The van der Waals surface area contributed by atoms with Gasteiger partial charge in [-0.05, 0) is 62.2 Å². The molecule has 1 aliphatic heterocycles. The number of carbonyl (C=O) groups is 2. The molecule has 0 spiro atoms. The van der Waals surface area contributed by atoms with E-state index in [1.807, 2.05) is 56.3 Å². The smallest absolute Gasteiger partial charge is 0.296 e. The van der Waals surface area contributed by atoms with E-state index in [9.17, 15) is 14.7 Å². The number of methoxy groups -OCH3 is 1. The molecular formula is C26H25NO5. The van der Waals surface area contributed by atoms with E-state index in [0.29, 0.717) is 22.8 Å². The van der Waals surface area contributed by atoms with Crippen LogP contribution in [0.15, 0.2) is 64.6 Å². The van der Waals surface area contributed by atoms with Crippen LogP contribution < -0.4 is 4.74 Å². The Morgan fingerprint density at radius 2 is 1.84 bits per heavy atom. The van der Waals surface area contributed by atoms with Crippen LogP contribution in [0.4, 0.5) is 0 Å². The van der Waals surface area contributed by atoms with Crippen molar-refractivity contribution in [3.8, 4) is 5.75 Å². The highest BCUT2D eigenvalue weighted by molar-refractivity contribution is 6.46. The van der Waals surface area contributed by atoms with Crippen molar-refractivity contribution in [2.45, 2.75) is 33.4 Å². The van der Waals surface area contributed by atoms with Gasteiger partial charge in [0.05, 0.1) is 12.7 Å². The summed E-state index contributed by atoms with van der Waals surface area (Å²) in [6, 6.07) is 15.6. The van der Waals surface area contributed by atoms with E-state index in [0.717, 1.165) is 16.7 Å². The first kappa shape index (κ1) is 21.4. The molecule has 1 amide bonds. The summed E-state index contributed by atoms with van der Waals surface area (Å²) in [7, 11) is 1.57. The van der Waals surface area contributed by atoms with Crippen molar-refractivity contribution in [1.29, 1.82) is 0 Å². The predicted molar refractivity (Wildman–Crippen MR) is 120 cm³/mol. The van der Waals surface area contributed by atoms with E-state index in [2.05, 4.69) is 0 Å². The van der Waals surface area contributed by atoms with Crippen molar-refractivity contribution >= 4 is 17.4 Å². The molecule has 1 saturated heterocycles. The molecule has 3 aromatic rings. The zero-order chi connectivity index (χ0) is 23.0. The van der Waals surface area contributed by atoms with E-state index in [4.69, 9.17) is 9.15 Å². The molecule has 0 radical (unpaired) electrons. The first-order chi connectivity index (χ1) is 15.3. The van der Waals surface area contributed by atoms with Crippen LogP contribution in [-0.2, 0) is 16.1 Å². The van der Waals surface area contributed by atoms with Gasteiger partial charge in [-0.1, -0.05) is 29.8 Å². The fraction of sp³-hybridized carbons (Fsp3) is 0.231. The standard InChI is InChI=1S/C26H25NO5/c1-15-8-9-16(2)20(12-15)24(28)22-23(21-11-10-17(3)32-21)27(26(30)25(22)29)14-18-6-5-7-19(13-18)31-4/h5-13,23,28H,14H2,1-4H3/b24-22+. The maximum absolute atomic E-state index is 13.2. The summed E-state index contributed by atoms with van der Waals surface area (Å²) >= 11 is 0. The highest BCUT2D eigenvalue weighted by Gasteiger charge is 2.47. The lowest BCUT2D eigenvalue weighted by atomic mass is 9.96. The Labute approximate surface area is 186 Å². The first-order valence-electron chi connectivity index (χ1n) is 10.4. The highest BCUT2D eigenvalue weighted by Crippen LogP contribution is 2.41. The molecule has 1 atom stereocenters. The van der Waals surface area contributed by atoms with E-state index in [1.165, 1.54) is 4.90 Å². The number of nitrogens with zero attached hydrogens (tertiary/aromatic N) is 1. The van der Waals surface area contributed by atoms with Gasteiger partial charge in [0.2, 0.25) is 0 Å². The van der Waals surface area contributed by atoms with Crippen LogP contribution in [0.2, 0.25) is 0 Å². The molecule has 1 N–H and O–H groups in total. The molecule has 32 heavy (non-hydrogen) atoms. The van der Waals surface area contributed by atoms with E-state index in [-0.39, 0.29) is 17.9 Å². The van der Waals surface area contributed by atoms with Gasteiger partial charge in [0.25, 0.3) is 11.7 Å². The predicted octanol–water partition coefficient (Wildman–Crippen LogP) is 4.84. The SMILES string of the molecule is COc1cccc(CN2C(=O)C(=O)/C(=C(/O)c3cc(C)ccc3C)C2c2ccc(C)o2)c1. The molecule has 2 aromatic carbocycles. The molecule has 1 aromatic heterocycles. The maximum Gasteiger partial charge on any atom is 0.296 e. The summed E-state index contributed by atoms with van der Waals surface area (Å²) in [4.78, 5) is 27.7. The van der Waals surface area contributed by atoms with Crippen molar-refractivity contribution < 1.29 is 23.8 Å². The minimum absolute atomic E-state index is 0.0287. The van der Waals surface area contributed by atoms with Crippen LogP contribution in [0.3, 0.4) is 0 Å². The zero-order valence-corrected chi connectivity index (χ0v) is 18.5. The van der Waals surface area contributed by atoms with Crippen LogP contribution in [-0.4, -0.2) is 28.8 Å². The molecule has 2 heterocycles. The van der Waals surface area contributed by atoms with E-state index >= 15 is 0 Å². The third-order valence-electron chi connectivity index (χ3n) is 5.71. The average Bonchev–Trinajstić information content (AvgIpc) is 3.31. The summed E-state index contributed by atoms with van der Waals surface area (Å²) in [5, 5.41) is 11.2. The fourth-order valence-corrected chi connectivity index (χ4v) is 4.04. The average molecular weight is 431 g/mol. The van der Waals surface area contributed by atoms with E-state index in [1.54, 1.807) is 26.2 Å². The molecule has 1 fully saturated rings. The number of likely N-dealkylation sites (tertiary alicyclic amines) is 1. The molecule has 0 saturated carbocycles. The lowest BCUT2D eigenvalue weighted by Crippen LogP contribution is -2.29. The number of ketones is 1. The van der Waals surface area contributed by atoms with Gasteiger partial charge in [-0.25, -0.2) is 0 Å². The largest absolute Gasteiger partial charge is 0.507 e. The van der Waals surface area contributed by atoms with E-state index < -0.39 is 17.7 Å². The number of hydrogen-bond donors (Lipinski definition) is 1. The third-order valence-corrected chi connectivity index (χ3v) is 5.71. The van der Waals surface area contributed by atoms with Crippen LogP contribution in [0.25, 0.3) is 5.76 Å². The quantitative estimate of drug-likeness (QED) is 0.355. The Hall–Kier alpha value is -3.80. The minimum Gasteiger partial charge on any atom is -0.507 e. The second kappa shape index (κ2) is 8.38. The molecule has 164 valence electrons. The number of aliphatic hydroxyl groups is 1. The molecule has 0 bridgehead atoms.